The van der Waals surface area contributed by atoms with Gasteiger partial charge in [-0.1, -0.05) is 49.6 Å². The molecule has 1 aliphatic carbocycles. The Balaban J connectivity index is 1.63. The van der Waals surface area contributed by atoms with Crippen LogP contribution in [0.15, 0.2) is 54.6 Å². The predicted molar refractivity (Wildman–Crippen MR) is 119 cm³/mol. The van der Waals surface area contributed by atoms with Crippen LogP contribution in [-0.4, -0.2) is 28.0 Å². The third kappa shape index (κ3) is 3.21. The summed E-state index contributed by atoms with van der Waals surface area (Å²) in [5, 5.41) is 4.10. The van der Waals surface area contributed by atoms with Crippen LogP contribution in [0, 0.1) is 5.82 Å². The fraction of sp³-hybridized carbons (Fsp3) is 0.360. The number of halogens is 1. The predicted octanol–water partition coefficient (Wildman–Crippen LogP) is 4.65. The van der Waals surface area contributed by atoms with Gasteiger partial charge in [-0.05, 0) is 44.0 Å². The highest BCUT2D eigenvalue weighted by molar-refractivity contribution is 6.14. The van der Waals surface area contributed by atoms with Gasteiger partial charge in [0.2, 0.25) is 5.91 Å². The second kappa shape index (κ2) is 7.52. The van der Waals surface area contributed by atoms with Gasteiger partial charge in [0, 0.05) is 16.9 Å². The van der Waals surface area contributed by atoms with Crippen molar-refractivity contribution in [3.8, 4) is 0 Å². The van der Waals surface area contributed by atoms with Crippen LogP contribution in [0.1, 0.15) is 49.5 Å². The minimum atomic E-state index is -1.26. The van der Waals surface area contributed by atoms with Gasteiger partial charge in [0.1, 0.15) is 17.1 Å². The Labute approximate surface area is 180 Å². The van der Waals surface area contributed by atoms with Gasteiger partial charge in [0.25, 0.3) is 5.91 Å². The number of anilines is 1. The number of aromatic nitrogens is 1. The summed E-state index contributed by atoms with van der Waals surface area (Å²) in [5.74, 6) is -1.12. The Morgan fingerprint density at radius 3 is 2.55 bits per heavy atom. The fourth-order valence-corrected chi connectivity index (χ4v) is 5.04. The summed E-state index contributed by atoms with van der Waals surface area (Å²) in [6, 6.07) is 15.8. The van der Waals surface area contributed by atoms with Gasteiger partial charge in [0.15, 0.2) is 0 Å². The highest BCUT2D eigenvalue weighted by Crippen LogP contribution is 2.37. The summed E-state index contributed by atoms with van der Waals surface area (Å²) in [7, 11) is 0. The lowest BCUT2D eigenvalue weighted by Gasteiger charge is -2.44. The molecule has 2 aromatic carbocycles. The van der Waals surface area contributed by atoms with Gasteiger partial charge < -0.3 is 9.88 Å². The molecule has 1 unspecified atom stereocenters. The van der Waals surface area contributed by atoms with E-state index in [4.69, 9.17) is 0 Å². The highest BCUT2D eigenvalue weighted by atomic mass is 19.1. The summed E-state index contributed by atoms with van der Waals surface area (Å²) < 4.78 is 16.8. The lowest BCUT2D eigenvalue weighted by Crippen LogP contribution is -2.65. The first-order valence-corrected chi connectivity index (χ1v) is 11.0. The third-order valence-corrected chi connectivity index (χ3v) is 6.72. The molecule has 1 saturated carbocycles. The molecule has 0 bridgehead atoms. The third-order valence-electron chi connectivity index (χ3n) is 6.72. The molecule has 160 valence electrons. The minimum Gasteiger partial charge on any atom is -0.351 e. The molecule has 1 fully saturated rings. The van der Waals surface area contributed by atoms with E-state index in [9.17, 15) is 14.0 Å². The molecule has 2 heterocycles. The number of amides is 2. The van der Waals surface area contributed by atoms with Crippen molar-refractivity contribution in [1.82, 2.24) is 9.88 Å². The van der Waals surface area contributed by atoms with E-state index in [-0.39, 0.29) is 30.1 Å². The van der Waals surface area contributed by atoms with Crippen LogP contribution in [0.2, 0.25) is 0 Å². The fourth-order valence-electron chi connectivity index (χ4n) is 5.04. The SMILES string of the molecule is CC1(C(=O)NC2CCCCC2)Cn2c(cc3ccccc32)C(=O)N1c1ccccc1F. The average Bonchev–Trinajstić information content (AvgIpc) is 3.14. The topological polar surface area (TPSA) is 54.3 Å². The molecule has 0 spiro atoms. The summed E-state index contributed by atoms with van der Waals surface area (Å²) in [4.78, 5) is 28.7. The van der Waals surface area contributed by atoms with Crippen LogP contribution < -0.4 is 10.2 Å². The molecular formula is C25H26FN3O2. The van der Waals surface area contributed by atoms with Crippen LogP contribution >= 0.6 is 0 Å². The van der Waals surface area contributed by atoms with E-state index in [0.29, 0.717) is 5.69 Å². The first kappa shape index (κ1) is 19.8. The quantitative estimate of drug-likeness (QED) is 0.672. The number of carbonyl (C=O) groups excluding carboxylic acids is 2. The molecule has 2 amide bonds. The first-order valence-electron chi connectivity index (χ1n) is 11.0. The van der Waals surface area contributed by atoms with Crippen LogP contribution in [-0.2, 0) is 11.3 Å². The monoisotopic (exact) mass is 419 g/mol. The first-order chi connectivity index (χ1) is 15.0. The molecule has 31 heavy (non-hydrogen) atoms. The minimum absolute atomic E-state index is 0.0958. The lowest BCUT2D eigenvalue weighted by atomic mass is 9.91. The smallest absolute Gasteiger partial charge is 0.276 e. The molecule has 1 aromatic heterocycles. The van der Waals surface area contributed by atoms with Crippen LogP contribution in [0.5, 0.6) is 0 Å². The van der Waals surface area contributed by atoms with E-state index < -0.39 is 11.4 Å². The molecule has 3 aromatic rings. The maximum absolute atomic E-state index is 14.9. The summed E-state index contributed by atoms with van der Waals surface area (Å²) >= 11 is 0. The second-order valence-electron chi connectivity index (χ2n) is 8.85. The molecule has 2 aliphatic rings. The van der Waals surface area contributed by atoms with E-state index in [1.54, 1.807) is 25.1 Å². The number of hydrogen-bond donors (Lipinski definition) is 1. The molecule has 1 aliphatic heterocycles. The van der Waals surface area contributed by atoms with Gasteiger partial charge in [-0.2, -0.15) is 0 Å². The number of nitrogens with zero attached hydrogens (tertiary/aromatic N) is 2. The molecule has 5 nitrogen and oxygen atoms in total. The number of rotatable bonds is 3. The van der Waals surface area contributed by atoms with Gasteiger partial charge in [-0.25, -0.2) is 4.39 Å². The number of benzene rings is 2. The Kier molecular flexibility index (Phi) is 4.80. The summed E-state index contributed by atoms with van der Waals surface area (Å²) in [6.07, 6.45) is 5.23. The van der Waals surface area contributed by atoms with Crippen molar-refractivity contribution in [1.29, 1.82) is 0 Å². The van der Waals surface area contributed by atoms with Crippen molar-refractivity contribution in [3.05, 3.63) is 66.1 Å². The molecule has 6 heteroatoms. The molecular weight excluding hydrogens is 393 g/mol. The molecule has 5 rings (SSSR count). The maximum Gasteiger partial charge on any atom is 0.276 e. The van der Waals surface area contributed by atoms with Gasteiger partial charge in [-0.3, -0.25) is 14.5 Å². The van der Waals surface area contributed by atoms with E-state index >= 15 is 0 Å². The number of carbonyl (C=O) groups is 2. The molecule has 0 saturated heterocycles. The van der Waals surface area contributed by atoms with E-state index in [0.717, 1.165) is 36.6 Å². The standard InChI is InChI=1S/C25H26FN3O2/c1-25(24(31)27-18-10-3-2-4-11-18)16-28-20-13-7-5-9-17(20)15-22(28)23(30)29(25)21-14-8-6-12-19(21)26/h5-9,12-15,18H,2-4,10-11,16H2,1H3,(H,27,31). The molecule has 1 atom stereocenters. The van der Waals surface area contributed by atoms with Crippen LogP contribution in [0.25, 0.3) is 10.9 Å². The zero-order chi connectivity index (χ0) is 21.6. The van der Waals surface area contributed by atoms with Crippen molar-refractivity contribution < 1.29 is 14.0 Å². The van der Waals surface area contributed by atoms with Crippen molar-refractivity contribution in [2.75, 3.05) is 4.90 Å². The van der Waals surface area contributed by atoms with E-state index in [1.807, 2.05) is 34.9 Å². The zero-order valence-corrected chi connectivity index (χ0v) is 17.6. The van der Waals surface area contributed by atoms with E-state index in [1.165, 1.54) is 17.4 Å². The van der Waals surface area contributed by atoms with Gasteiger partial charge >= 0.3 is 0 Å². The molecule has 1 N–H and O–H groups in total. The van der Waals surface area contributed by atoms with Crippen molar-refractivity contribution in [3.63, 3.8) is 0 Å². The maximum atomic E-state index is 14.9. The summed E-state index contributed by atoms with van der Waals surface area (Å²) in [5.41, 5.74) is 0.235. The van der Waals surface area contributed by atoms with Crippen LogP contribution in [0.3, 0.4) is 0 Å². The largest absolute Gasteiger partial charge is 0.351 e. The normalized spacial score (nSPS) is 21.9. The zero-order valence-electron chi connectivity index (χ0n) is 17.6. The Morgan fingerprint density at radius 1 is 1.06 bits per heavy atom. The second-order valence-corrected chi connectivity index (χ2v) is 8.85. The average molecular weight is 420 g/mol. The number of para-hydroxylation sites is 2. The molecule has 0 radical (unpaired) electrons. The lowest BCUT2D eigenvalue weighted by molar-refractivity contribution is -0.127. The van der Waals surface area contributed by atoms with Gasteiger partial charge in [-0.15, -0.1) is 0 Å². The van der Waals surface area contributed by atoms with Crippen molar-refractivity contribution in [2.24, 2.45) is 0 Å². The van der Waals surface area contributed by atoms with E-state index in [2.05, 4.69) is 5.32 Å². The Morgan fingerprint density at radius 2 is 1.77 bits per heavy atom. The van der Waals surface area contributed by atoms with Crippen LogP contribution in [0.4, 0.5) is 10.1 Å². The Hall–Kier alpha value is -3.15. The number of nitrogens with one attached hydrogen (secondary N) is 1. The van der Waals surface area contributed by atoms with Crippen molar-refractivity contribution >= 4 is 28.4 Å². The van der Waals surface area contributed by atoms with Crippen molar-refractivity contribution in [2.45, 2.75) is 57.2 Å². The summed E-state index contributed by atoms with van der Waals surface area (Å²) in [6.45, 7) is 2.00. The number of hydrogen-bond acceptors (Lipinski definition) is 2. The van der Waals surface area contributed by atoms with Gasteiger partial charge in [0.05, 0.1) is 12.2 Å². The Bertz CT molecular complexity index is 1160. The number of fused-ring (bicyclic) bond motifs is 3. The highest BCUT2D eigenvalue weighted by Gasteiger charge is 2.49.